The van der Waals surface area contributed by atoms with Gasteiger partial charge in [0, 0.05) is 13.0 Å². The minimum Gasteiger partial charge on any atom is -0.489 e. The van der Waals surface area contributed by atoms with E-state index in [2.05, 4.69) is 0 Å². The van der Waals surface area contributed by atoms with Crippen LogP contribution in [0.15, 0.2) is 35.2 Å². The molecule has 2 aromatic rings. The second-order valence-electron chi connectivity index (χ2n) is 6.74. The monoisotopic (exact) mass is 419 g/mol. The molecule has 9 heteroatoms. The maximum absolute atomic E-state index is 14.0. The molecule has 0 aliphatic rings. The third-order valence-electron chi connectivity index (χ3n) is 4.08. The van der Waals surface area contributed by atoms with Gasteiger partial charge in [-0.25, -0.2) is 26.0 Å². The van der Waals surface area contributed by atoms with Crippen molar-refractivity contribution in [2.75, 3.05) is 6.61 Å². The van der Waals surface area contributed by atoms with Crippen LogP contribution in [0.1, 0.15) is 23.6 Å². The average molecular weight is 419 g/mol. The molecule has 0 aromatic heterocycles. The predicted octanol–water partition coefficient (Wildman–Crippen LogP) is 4.27. The van der Waals surface area contributed by atoms with Crippen LogP contribution in [0.25, 0.3) is 0 Å². The standard InChI is InChI=1S/C19H21F4NO3S/c1-11-7-12(2)18(13(3)8-11)28(25,26)24-17(19(4,22)23)10-27-16-9-14(20)5-6-15(16)21/h5-9,17,24H,10H2,1-4H3. The minimum atomic E-state index is -4.32. The zero-order chi connectivity index (χ0) is 21.3. The lowest BCUT2D eigenvalue weighted by Crippen LogP contribution is -2.49. The number of hydrogen-bond donors (Lipinski definition) is 1. The molecule has 0 fully saturated rings. The van der Waals surface area contributed by atoms with Crippen molar-refractivity contribution in [3.8, 4) is 5.75 Å². The molecule has 1 atom stereocenters. The second kappa shape index (κ2) is 8.08. The third-order valence-corrected chi connectivity index (χ3v) is 5.86. The van der Waals surface area contributed by atoms with Gasteiger partial charge in [-0.1, -0.05) is 17.7 Å². The molecule has 0 aliphatic heterocycles. The molecule has 1 unspecified atom stereocenters. The van der Waals surface area contributed by atoms with Gasteiger partial charge >= 0.3 is 0 Å². The molecule has 0 heterocycles. The number of hydrogen-bond acceptors (Lipinski definition) is 3. The number of sulfonamides is 1. The van der Waals surface area contributed by atoms with Crippen molar-refractivity contribution in [3.63, 3.8) is 0 Å². The van der Waals surface area contributed by atoms with Crippen molar-refractivity contribution in [2.45, 2.75) is 44.6 Å². The van der Waals surface area contributed by atoms with Crippen LogP contribution in [0.5, 0.6) is 5.75 Å². The van der Waals surface area contributed by atoms with Crippen LogP contribution in [0, 0.1) is 32.4 Å². The van der Waals surface area contributed by atoms with Crippen LogP contribution >= 0.6 is 0 Å². The smallest absolute Gasteiger partial charge is 0.264 e. The van der Waals surface area contributed by atoms with Crippen LogP contribution in [0.4, 0.5) is 17.6 Å². The molecule has 0 radical (unpaired) electrons. The summed E-state index contributed by atoms with van der Waals surface area (Å²) in [5.41, 5.74) is 1.64. The molecule has 154 valence electrons. The zero-order valence-electron chi connectivity index (χ0n) is 15.8. The molecule has 0 saturated carbocycles. The van der Waals surface area contributed by atoms with Gasteiger partial charge < -0.3 is 4.74 Å². The SMILES string of the molecule is Cc1cc(C)c(S(=O)(=O)NC(COc2cc(F)ccc2F)C(C)(F)F)c(C)c1. The Balaban J connectivity index is 2.31. The fourth-order valence-corrected chi connectivity index (χ4v) is 4.61. The number of ether oxygens (including phenoxy) is 1. The lowest BCUT2D eigenvalue weighted by atomic mass is 10.1. The molecule has 0 aliphatic carbocycles. The van der Waals surface area contributed by atoms with Crippen molar-refractivity contribution in [1.29, 1.82) is 0 Å². The maximum Gasteiger partial charge on any atom is 0.264 e. The van der Waals surface area contributed by atoms with Gasteiger partial charge in [0.1, 0.15) is 18.5 Å². The highest BCUT2D eigenvalue weighted by molar-refractivity contribution is 7.89. The van der Waals surface area contributed by atoms with E-state index in [4.69, 9.17) is 4.74 Å². The highest BCUT2D eigenvalue weighted by atomic mass is 32.2. The van der Waals surface area contributed by atoms with Crippen molar-refractivity contribution in [2.24, 2.45) is 0 Å². The summed E-state index contributed by atoms with van der Waals surface area (Å²) >= 11 is 0. The van der Waals surface area contributed by atoms with Crippen molar-refractivity contribution >= 4 is 10.0 Å². The second-order valence-corrected chi connectivity index (χ2v) is 8.39. The highest BCUT2D eigenvalue weighted by Gasteiger charge is 2.39. The fraction of sp³-hybridized carbons (Fsp3) is 0.368. The normalized spacial score (nSPS) is 13.4. The Kier molecular flexibility index (Phi) is 6.40. The van der Waals surface area contributed by atoms with E-state index in [0.717, 1.165) is 17.7 Å². The first-order chi connectivity index (χ1) is 12.8. The number of rotatable bonds is 7. The minimum absolute atomic E-state index is 0.107. The van der Waals surface area contributed by atoms with E-state index in [1.807, 2.05) is 4.72 Å². The van der Waals surface area contributed by atoms with E-state index >= 15 is 0 Å². The number of halogens is 4. The molecule has 4 nitrogen and oxygen atoms in total. The van der Waals surface area contributed by atoms with Gasteiger partial charge in [0.05, 0.1) is 4.90 Å². The molecular weight excluding hydrogens is 398 g/mol. The van der Waals surface area contributed by atoms with E-state index in [9.17, 15) is 26.0 Å². The summed E-state index contributed by atoms with van der Waals surface area (Å²) in [7, 11) is -4.32. The molecule has 0 spiro atoms. The molecule has 0 bridgehead atoms. The Morgan fingerprint density at radius 2 is 1.64 bits per heavy atom. The summed E-state index contributed by atoms with van der Waals surface area (Å²) in [6, 6.07) is 3.58. The quantitative estimate of drug-likeness (QED) is 0.682. The zero-order valence-corrected chi connectivity index (χ0v) is 16.6. The predicted molar refractivity (Wildman–Crippen MR) is 97.2 cm³/mol. The summed E-state index contributed by atoms with van der Waals surface area (Å²) in [4.78, 5) is -0.107. The summed E-state index contributed by atoms with van der Waals surface area (Å²) < 4.78 is 87.2. The molecule has 2 rings (SSSR count). The van der Waals surface area contributed by atoms with Gasteiger partial charge in [-0.2, -0.15) is 4.72 Å². The van der Waals surface area contributed by atoms with Gasteiger partial charge in [-0.15, -0.1) is 0 Å². The first kappa shape index (κ1) is 22.2. The summed E-state index contributed by atoms with van der Waals surface area (Å²) in [5, 5.41) is 0. The summed E-state index contributed by atoms with van der Waals surface area (Å²) in [5.74, 6) is -5.88. The summed E-state index contributed by atoms with van der Waals surface area (Å²) in [6.45, 7) is 4.53. The van der Waals surface area contributed by atoms with Crippen LogP contribution in [-0.4, -0.2) is 27.0 Å². The van der Waals surface area contributed by atoms with E-state index in [1.165, 1.54) is 0 Å². The Morgan fingerprint density at radius 3 is 2.18 bits per heavy atom. The van der Waals surface area contributed by atoms with Crippen molar-refractivity contribution < 1.29 is 30.7 Å². The van der Waals surface area contributed by atoms with Crippen molar-refractivity contribution in [3.05, 3.63) is 58.7 Å². The van der Waals surface area contributed by atoms with E-state index in [1.54, 1.807) is 32.9 Å². The average Bonchev–Trinajstić information content (AvgIpc) is 2.51. The third kappa shape index (κ3) is 5.23. The lowest BCUT2D eigenvalue weighted by molar-refractivity contribution is -0.0250. The summed E-state index contributed by atoms with van der Waals surface area (Å²) in [6.07, 6.45) is 0. The Labute approximate surface area is 161 Å². The molecular formula is C19H21F4NO3S. The lowest BCUT2D eigenvalue weighted by Gasteiger charge is -2.25. The molecule has 28 heavy (non-hydrogen) atoms. The molecule has 1 N–H and O–H groups in total. The highest BCUT2D eigenvalue weighted by Crippen LogP contribution is 2.26. The fourth-order valence-electron chi connectivity index (χ4n) is 2.88. The van der Waals surface area contributed by atoms with Gasteiger partial charge in [-0.05, 0) is 44.0 Å². The molecule has 0 saturated heterocycles. The number of aryl methyl sites for hydroxylation is 3. The topological polar surface area (TPSA) is 55.4 Å². The Bertz CT molecular complexity index is 949. The van der Waals surface area contributed by atoms with Gasteiger partial charge in [0.2, 0.25) is 10.0 Å². The maximum atomic E-state index is 14.0. The van der Waals surface area contributed by atoms with Crippen LogP contribution in [0.3, 0.4) is 0 Å². The van der Waals surface area contributed by atoms with Gasteiger partial charge in [0.25, 0.3) is 5.92 Å². The molecule has 2 aromatic carbocycles. The number of alkyl halides is 2. The largest absolute Gasteiger partial charge is 0.489 e. The first-order valence-electron chi connectivity index (χ1n) is 8.37. The van der Waals surface area contributed by atoms with Crippen molar-refractivity contribution in [1.82, 2.24) is 4.72 Å². The van der Waals surface area contributed by atoms with Gasteiger partial charge in [0.15, 0.2) is 11.6 Å². The first-order valence-corrected chi connectivity index (χ1v) is 9.85. The Hall–Kier alpha value is -2.13. The van der Waals surface area contributed by atoms with Crippen LogP contribution < -0.4 is 9.46 Å². The van der Waals surface area contributed by atoms with E-state index < -0.39 is 46.0 Å². The van der Waals surface area contributed by atoms with E-state index in [-0.39, 0.29) is 4.90 Å². The number of benzene rings is 2. The Morgan fingerprint density at radius 1 is 1.07 bits per heavy atom. The van der Waals surface area contributed by atoms with E-state index in [0.29, 0.717) is 24.1 Å². The van der Waals surface area contributed by atoms with Crippen LogP contribution in [0.2, 0.25) is 0 Å². The molecule has 0 amide bonds. The van der Waals surface area contributed by atoms with Gasteiger partial charge in [-0.3, -0.25) is 0 Å². The number of nitrogens with one attached hydrogen (secondary N) is 1. The van der Waals surface area contributed by atoms with Crippen LogP contribution in [-0.2, 0) is 10.0 Å².